The number of carbonyl (C=O) groups is 1. The second-order valence-electron chi connectivity index (χ2n) is 5.92. The Hall–Kier alpha value is -2.86. The average molecular weight is 351 g/mol. The highest BCUT2D eigenvalue weighted by molar-refractivity contribution is 7.10. The molecule has 25 heavy (non-hydrogen) atoms. The first kappa shape index (κ1) is 15.7. The Morgan fingerprint density at radius 3 is 2.88 bits per heavy atom. The molecular formula is C19H17N3O2S. The summed E-state index contributed by atoms with van der Waals surface area (Å²) in [5.74, 6) is -0.406. The van der Waals surface area contributed by atoms with Crippen LogP contribution in [-0.4, -0.2) is 12.5 Å². The van der Waals surface area contributed by atoms with Crippen molar-refractivity contribution in [3.8, 4) is 0 Å². The van der Waals surface area contributed by atoms with Gasteiger partial charge in [0.25, 0.3) is 5.69 Å². The molecule has 3 heterocycles. The topological polar surface area (TPSA) is 59.3 Å². The molecule has 1 aromatic carbocycles. The van der Waals surface area contributed by atoms with Gasteiger partial charge >= 0.3 is 5.91 Å². The SMILES string of the molecule is O=C(Nc1ccccc1N1CCc2sccc2C1)c1cccc[n+]1[O-]. The van der Waals surface area contributed by atoms with E-state index < -0.39 is 5.91 Å². The summed E-state index contributed by atoms with van der Waals surface area (Å²) in [6.07, 6.45) is 2.33. The maximum absolute atomic E-state index is 12.5. The molecule has 0 radical (unpaired) electrons. The number of fused-ring (bicyclic) bond motifs is 1. The summed E-state index contributed by atoms with van der Waals surface area (Å²) >= 11 is 1.80. The Balaban J connectivity index is 1.60. The van der Waals surface area contributed by atoms with E-state index in [0.29, 0.717) is 4.73 Å². The van der Waals surface area contributed by atoms with Gasteiger partial charge in [0.1, 0.15) is 0 Å². The van der Waals surface area contributed by atoms with Gasteiger partial charge in [0, 0.05) is 30.1 Å². The fraction of sp³-hybridized carbons (Fsp3) is 0.158. The molecule has 0 bridgehead atoms. The van der Waals surface area contributed by atoms with Crippen LogP contribution in [0.5, 0.6) is 0 Å². The van der Waals surface area contributed by atoms with Crippen LogP contribution in [0.25, 0.3) is 0 Å². The number of nitrogens with zero attached hydrogens (tertiary/aromatic N) is 2. The number of amides is 1. The molecule has 126 valence electrons. The smallest absolute Gasteiger partial charge is 0.321 e. The van der Waals surface area contributed by atoms with E-state index in [-0.39, 0.29) is 5.69 Å². The number of aromatic nitrogens is 1. The maximum atomic E-state index is 12.5. The standard InChI is InChI=1S/C19H17N3O2S/c23-19(17-7-3-4-10-22(17)24)20-15-5-1-2-6-16(15)21-11-8-18-14(13-21)9-12-25-18/h1-7,9-10,12H,8,11,13H2,(H,20,23). The van der Waals surface area contributed by atoms with Gasteiger partial charge in [-0.05, 0) is 41.6 Å². The van der Waals surface area contributed by atoms with Crippen molar-refractivity contribution >= 4 is 28.6 Å². The number of para-hydroxylation sites is 2. The number of pyridine rings is 1. The molecule has 3 aromatic rings. The largest absolute Gasteiger partial charge is 0.618 e. The van der Waals surface area contributed by atoms with E-state index >= 15 is 0 Å². The van der Waals surface area contributed by atoms with E-state index in [1.165, 1.54) is 22.7 Å². The van der Waals surface area contributed by atoms with E-state index in [0.717, 1.165) is 30.9 Å². The molecule has 4 rings (SSSR count). The molecule has 6 heteroatoms. The molecule has 1 N–H and O–H groups in total. The lowest BCUT2D eigenvalue weighted by Crippen LogP contribution is -2.36. The minimum Gasteiger partial charge on any atom is -0.618 e. The first-order valence-electron chi connectivity index (χ1n) is 8.11. The average Bonchev–Trinajstić information content (AvgIpc) is 3.10. The molecule has 0 aliphatic carbocycles. The third kappa shape index (κ3) is 3.08. The van der Waals surface area contributed by atoms with Gasteiger partial charge in [-0.15, -0.1) is 11.3 Å². The van der Waals surface area contributed by atoms with Crippen LogP contribution in [0, 0.1) is 5.21 Å². The predicted octanol–water partition coefficient (Wildman–Crippen LogP) is 3.20. The van der Waals surface area contributed by atoms with Crippen LogP contribution in [0.2, 0.25) is 0 Å². The molecule has 0 spiro atoms. The highest BCUT2D eigenvalue weighted by Gasteiger charge is 2.21. The lowest BCUT2D eigenvalue weighted by molar-refractivity contribution is -0.607. The van der Waals surface area contributed by atoms with Gasteiger partial charge < -0.3 is 15.4 Å². The summed E-state index contributed by atoms with van der Waals surface area (Å²) < 4.78 is 0.580. The minimum atomic E-state index is -0.406. The number of hydrogen-bond acceptors (Lipinski definition) is 4. The molecule has 0 unspecified atom stereocenters. The van der Waals surface area contributed by atoms with Gasteiger partial charge in [-0.2, -0.15) is 4.73 Å². The number of rotatable bonds is 3. The van der Waals surface area contributed by atoms with Gasteiger partial charge in [0.15, 0.2) is 6.20 Å². The summed E-state index contributed by atoms with van der Waals surface area (Å²) in [5, 5.41) is 16.8. The number of anilines is 2. The molecule has 0 saturated carbocycles. The van der Waals surface area contributed by atoms with Crippen LogP contribution in [0.1, 0.15) is 20.9 Å². The van der Waals surface area contributed by atoms with Crippen molar-refractivity contribution in [1.29, 1.82) is 0 Å². The minimum absolute atomic E-state index is 0.0797. The summed E-state index contributed by atoms with van der Waals surface area (Å²) in [7, 11) is 0. The van der Waals surface area contributed by atoms with Crippen molar-refractivity contribution in [3.63, 3.8) is 0 Å². The Morgan fingerprint density at radius 2 is 2.00 bits per heavy atom. The summed E-state index contributed by atoms with van der Waals surface area (Å²) in [5.41, 5.74) is 3.12. The molecular weight excluding hydrogens is 334 g/mol. The zero-order valence-corrected chi connectivity index (χ0v) is 14.3. The van der Waals surface area contributed by atoms with Crippen LogP contribution in [-0.2, 0) is 13.0 Å². The third-order valence-electron chi connectivity index (χ3n) is 4.36. The number of hydrogen-bond donors (Lipinski definition) is 1. The lowest BCUT2D eigenvalue weighted by Gasteiger charge is -2.30. The second-order valence-corrected chi connectivity index (χ2v) is 6.92. The van der Waals surface area contributed by atoms with Gasteiger partial charge in [-0.3, -0.25) is 4.79 Å². The van der Waals surface area contributed by atoms with E-state index in [9.17, 15) is 10.0 Å². The highest BCUT2D eigenvalue weighted by atomic mass is 32.1. The predicted molar refractivity (Wildman–Crippen MR) is 98.9 cm³/mol. The van der Waals surface area contributed by atoms with E-state index in [1.54, 1.807) is 23.5 Å². The van der Waals surface area contributed by atoms with E-state index in [1.807, 2.05) is 24.3 Å². The van der Waals surface area contributed by atoms with Crippen molar-refractivity contribution < 1.29 is 9.52 Å². The Kier molecular flexibility index (Phi) is 4.11. The van der Waals surface area contributed by atoms with E-state index in [2.05, 4.69) is 21.7 Å². The summed E-state index contributed by atoms with van der Waals surface area (Å²) in [6, 6.07) is 14.7. The molecule has 2 aromatic heterocycles. The summed E-state index contributed by atoms with van der Waals surface area (Å²) in [6.45, 7) is 1.74. The molecule has 1 aliphatic heterocycles. The Morgan fingerprint density at radius 1 is 1.16 bits per heavy atom. The number of carbonyl (C=O) groups excluding carboxylic acids is 1. The van der Waals surface area contributed by atoms with Gasteiger partial charge in [0.05, 0.1) is 11.4 Å². The fourth-order valence-electron chi connectivity index (χ4n) is 3.10. The summed E-state index contributed by atoms with van der Waals surface area (Å²) in [4.78, 5) is 16.2. The van der Waals surface area contributed by atoms with Crippen LogP contribution >= 0.6 is 11.3 Å². The molecule has 0 atom stereocenters. The van der Waals surface area contributed by atoms with Crippen molar-refractivity contribution in [1.82, 2.24) is 0 Å². The Bertz CT molecular complexity index is 922. The molecule has 1 amide bonds. The van der Waals surface area contributed by atoms with E-state index in [4.69, 9.17) is 0 Å². The molecule has 0 saturated heterocycles. The second kappa shape index (κ2) is 6.57. The lowest BCUT2D eigenvalue weighted by atomic mass is 10.1. The first-order valence-corrected chi connectivity index (χ1v) is 8.99. The quantitative estimate of drug-likeness (QED) is 0.582. The fourth-order valence-corrected chi connectivity index (χ4v) is 3.99. The van der Waals surface area contributed by atoms with Gasteiger partial charge in [-0.25, -0.2) is 0 Å². The molecule has 1 aliphatic rings. The van der Waals surface area contributed by atoms with Crippen LogP contribution in [0.15, 0.2) is 60.1 Å². The number of benzene rings is 1. The van der Waals surface area contributed by atoms with Gasteiger partial charge in [-0.1, -0.05) is 12.1 Å². The first-order chi connectivity index (χ1) is 12.2. The number of nitrogens with one attached hydrogen (secondary N) is 1. The van der Waals surface area contributed by atoms with Crippen molar-refractivity contribution in [3.05, 3.63) is 81.4 Å². The monoisotopic (exact) mass is 351 g/mol. The third-order valence-corrected chi connectivity index (χ3v) is 5.38. The number of thiophene rings is 1. The van der Waals surface area contributed by atoms with Crippen LogP contribution in [0.3, 0.4) is 0 Å². The van der Waals surface area contributed by atoms with Gasteiger partial charge in [0.2, 0.25) is 0 Å². The molecule has 0 fully saturated rings. The van der Waals surface area contributed by atoms with Crippen LogP contribution < -0.4 is 14.9 Å². The van der Waals surface area contributed by atoms with Crippen molar-refractivity contribution in [2.24, 2.45) is 0 Å². The van der Waals surface area contributed by atoms with Crippen molar-refractivity contribution in [2.75, 3.05) is 16.8 Å². The zero-order valence-electron chi connectivity index (χ0n) is 13.5. The normalized spacial score (nSPS) is 13.4. The zero-order chi connectivity index (χ0) is 17.2. The maximum Gasteiger partial charge on any atom is 0.321 e. The van der Waals surface area contributed by atoms with Crippen LogP contribution in [0.4, 0.5) is 11.4 Å². The van der Waals surface area contributed by atoms with Crippen molar-refractivity contribution in [2.45, 2.75) is 13.0 Å². The Labute approximate surface area is 149 Å². The highest BCUT2D eigenvalue weighted by Crippen LogP contribution is 2.32. The molecule has 5 nitrogen and oxygen atoms in total.